The average Bonchev–Trinajstić information content (AvgIpc) is 3.22. The molecule has 0 unspecified atom stereocenters. The number of aromatic nitrogens is 3. The van der Waals surface area contributed by atoms with Crippen molar-refractivity contribution < 1.29 is 13.2 Å². The number of allylic oxidation sites excluding steroid dienone is 1. The molecule has 30 heavy (non-hydrogen) atoms. The van der Waals surface area contributed by atoms with Crippen molar-refractivity contribution in [3.63, 3.8) is 0 Å². The Hall–Kier alpha value is -2.48. The van der Waals surface area contributed by atoms with E-state index in [0.29, 0.717) is 11.7 Å². The quantitative estimate of drug-likeness (QED) is 0.632. The van der Waals surface area contributed by atoms with Gasteiger partial charge in [-0.25, -0.2) is 13.4 Å². The molecule has 1 aromatic carbocycles. The van der Waals surface area contributed by atoms with Gasteiger partial charge in [0.1, 0.15) is 5.69 Å². The Morgan fingerprint density at radius 3 is 2.67 bits per heavy atom. The normalized spacial score (nSPS) is 16.0. The van der Waals surface area contributed by atoms with Crippen LogP contribution in [-0.4, -0.2) is 42.8 Å². The van der Waals surface area contributed by atoms with Gasteiger partial charge in [0.25, 0.3) is 0 Å². The van der Waals surface area contributed by atoms with Gasteiger partial charge in [0.2, 0.25) is 0 Å². The molecular weight excluding hydrogens is 422 g/mol. The van der Waals surface area contributed by atoms with E-state index >= 15 is 0 Å². The summed E-state index contributed by atoms with van der Waals surface area (Å²) in [5.41, 5.74) is 3.33. The number of H-pyrrole nitrogens is 1. The van der Waals surface area contributed by atoms with Crippen molar-refractivity contribution in [2.45, 2.75) is 17.7 Å². The molecule has 0 saturated carbocycles. The van der Waals surface area contributed by atoms with Crippen molar-refractivity contribution in [2.75, 3.05) is 19.5 Å². The predicted molar refractivity (Wildman–Crippen MR) is 117 cm³/mol. The zero-order valence-electron chi connectivity index (χ0n) is 16.5. The fourth-order valence-electron chi connectivity index (χ4n) is 3.52. The highest BCUT2D eigenvalue weighted by atomic mass is 35.5. The molecule has 156 valence electrons. The average molecular weight is 444 g/mol. The standard InChI is InChI=1S/C22H22ClN3O3S/c1-30(27,28)21-6-5-16(13-18(21)23)17(12-15-7-10-29-11-8-15)20-14-25-22(26-20)19-4-2-3-9-24-19/h2-6,9,12-15H,7-8,10-11H2,1H3,(H,25,26). The van der Waals surface area contributed by atoms with Gasteiger partial charge in [-0.1, -0.05) is 29.8 Å². The van der Waals surface area contributed by atoms with Crippen molar-refractivity contribution in [2.24, 2.45) is 5.92 Å². The number of hydrogen-bond donors (Lipinski definition) is 1. The summed E-state index contributed by atoms with van der Waals surface area (Å²) in [4.78, 5) is 12.3. The van der Waals surface area contributed by atoms with Crippen LogP contribution in [0.4, 0.5) is 0 Å². The van der Waals surface area contributed by atoms with Crippen molar-refractivity contribution in [1.29, 1.82) is 0 Å². The van der Waals surface area contributed by atoms with Gasteiger partial charge in [0, 0.05) is 31.2 Å². The summed E-state index contributed by atoms with van der Waals surface area (Å²) in [5, 5.41) is 0.206. The summed E-state index contributed by atoms with van der Waals surface area (Å²) in [5.74, 6) is 1.02. The van der Waals surface area contributed by atoms with E-state index in [9.17, 15) is 8.42 Å². The van der Waals surface area contributed by atoms with Gasteiger partial charge in [0.05, 0.1) is 21.8 Å². The first kappa shape index (κ1) is 20.8. The first-order valence-corrected chi connectivity index (χ1v) is 11.9. The molecule has 8 heteroatoms. The number of sulfone groups is 1. The summed E-state index contributed by atoms with van der Waals surface area (Å²) < 4.78 is 29.4. The molecule has 0 spiro atoms. The number of nitrogens with one attached hydrogen (secondary N) is 1. The van der Waals surface area contributed by atoms with E-state index in [0.717, 1.165) is 54.8 Å². The van der Waals surface area contributed by atoms with Crippen LogP contribution >= 0.6 is 11.6 Å². The van der Waals surface area contributed by atoms with Crippen LogP contribution < -0.4 is 0 Å². The maximum atomic E-state index is 11.9. The van der Waals surface area contributed by atoms with Crippen LogP contribution in [0, 0.1) is 5.92 Å². The van der Waals surface area contributed by atoms with Gasteiger partial charge in [-0.2, -0.15) is 0 Å². The third kappa shape index (κ3) is 4.64. The molecule has 3 aromatic rings. The van der Waals surface area contributed by atoms with Crippen molar-refractivity contribution >= 4 is 27.0 Å². The lowest BCUT2D eigenvalue weighted by Gasteiger charge is -2.20. The lowest BCUT2D eigenvalue weighted by atomic mass is 9.93. The third-order valence-corrected chi connectivity index (χ3v) is 6.66. The van der Waals surface area contributed by atoms with E-state index in [4.69, 9.17) is 16.3 Å². The van der Waals surface area contributed by atoms with Crippen LogP contribution in [0.2, 0.25) is 5.02 Å². The molecule has 0 aliphatic carbocycles. The minimum Gasteiger partial charge on any atom is -0.381 e. The Bertz CT molecular complexity index is 1170. The minimum atomic E-state index is -3.40. The molecule has 0 amide bonds. The van der Waals surface area contributed by atoms with Crippen molar-refractivity contribution in [3.8, 4) is 11.5 Å². The van der Waals surface area contributed by atoms with Crippen LogP contribution in [0.1, 0.15) is 24.1 Å². The van der Waals surface area contributed by atoms with E-state index < -0.39 is 9.84 Å². The summed E-state index contributed by atoms with van der Waals surface area (Å²) in [6.07, 6.45) is 8.71. The number of rotatable bonds is 5. The van der Waals surface area contributed by atoms with Crippen molar-refractivity contribution in [1.82, 2.24) is 15.0 Å². The molecular formula is C22H22ClN3O3S. The molecule has 1 saturated heterocycles. The maximum absolute atomic E-state index is 11.9. The maximum Gasteiger partial charge on any atom is 0.176 e. The van der Waals surface area contributed by atoms with Crippen molar-refractivity contribution in [3.05, 3.63) is 71.1 Å². The summed E-state index contributed by atoms with van der Waals surface area (Å²) >= 11 is 6.33. The van der Waals surface area contributed by atoms with E-state index in [1.807, 2.05) is 18.2 Å². The molecule has 1 N–H and O–H groups in total. The summed E-state index contributed by atoms with van der Waals surface area (Å²) in [6, 6.07) is 10.7. The Kier molecular flexibility index (Phi) is 6.04. The highest BCUT2D eigenvalue weighted by molar-refractivity contribution is 7.90. The highest BCUT2D eigenvalue weighted by Crippen LogP contribution is 2.32. The van der Waals surface area contributed by atoms with Crippen LogP contribution in [0.15, 0.2) is 59.8 Å². The lowest BCUT2D eigenvalue weighted by molar-refractivity contribution is 0.0786. The Labute approximate surface area is 180 Å². The number of ether oxygens (including phenoxy) is 1. The topological polar surface area (TPSA) is 84.9 Å². The van der Waals surface area contributed by atoms with Crippen LogP contribution in [0.25, 0.3) is 17.1 Å². The number of halogens is 1. The van der Waals surface area contributed by atoms with Gasteiger partial charge in [-0.3, -0.25) is 4.98 Å². The van der Waals surface area contributed by atoms with E-state index in [1.54, 1.807) is 30.6 Å². The first-order chi connectivity index (χ1) is 14.4. The zero-order valence-corrected chi connectivity index (χ0v) is 18.1. The Balaban J connectivity index is 1.77. The van der Waals surface area contributed by atoms with E-state index in [2.05, 4.69) is 21.0 Å². The first-order valence-electron chi connectivity index (χ1n) is 9.68. The van der Waals surface area contributed by atoms with Crippen LogP contribution in [0.3, 0.4) is 0 Å². The smallest absolute Gasteiger partial charge is 0.176 e. The minimum absolute atomic E-state index is 0.122. The molecule has 6 nitrogen and oxygen atoms in total. The number of pyridine rings is 1. The van der Waals surface area contributed by atoms with Gasteiger partial charge >= 0.3 is 0 Å². The zero-order chi connectivity index (χ0) is 21.1. The summed E-state index contributed by atoms with van der Waals surface area (Å²) in [7, 11) is -3.40. The molecule has 2 aromatic heterocycles. The fourth-order valence-corrected chi connectivity index (χ4v) is 4.85. The van der Waals surface area contributed by atoms with Gasteiger partial charge in [0.15, 0.2) is 15.7 Å². The van der Waals surface area contributed by atoms with E-state index in [-0.39, 0.29) is 9.92 Å². The number of imidazole rings is 1. The van der Waals surface area contributed by atoms with Gasteiger partial charge in [-0.05, 0) is 48.6 Å². The predicted octanol–water partition coefficient (Wildman–Crippen LogP) is 4.39. The lowest BCUT2D eigenvalue weighted by Crippen LogP contribution is -2.14. The molecule has 0 radical (unpaired) electrons. The van der Waals surface area contributed by atoms with Gasteiger partial charge in [-0.15, -0.1) is 0 Å². The largest absolute Gasteiger partial charge is 0.381 e. The SMILES string of the molecule is CS(=O)(=O)c1ccc(C(=CC2CCOCC2)c2cnc(-c3ccccn3)[nH]2)cc1Cl. The molecule has 3 heterocycles. The molecule has 1 aliphatic rings. The molecule has 1 aliphatic heterocycles. The number of nitrogens with zero attached hydrogens (tertiary/aromatic N) is 2. The van der Waals surface area contributed by atoms with E-state index in [1.165, 1.54) is 0 Å². The van der Waals surface area contributed by atoms with Crippen LogP contribution in [0.5, 0.6) is 0 Å². The molecule has 0 bridgehead atoms. The molecule has 1 fully saturated rings. The highest BCUT2D eigenvalue weighted by Gasteiger charge is 2.19. The number of aromatic amines is 1. The summed E-state index contributed by atoms with van der Waals surface area (Å²) in [6.45, 7) is 1.45. The number of hydrogen-bond acceptors (Lipinski definition) is 5. The number of benzene rings is 1. The monoisotopic (exact) mass is 443 g/mol. The van der Waals surface area contributed by atoms with Crippen LogP contribution in [-0.2, 0) is 14.6 Å². The second kappa shape index (κ2) is 8.71. The Morgan fingerprint density at radius 2 is 2.00 bits per heavy atom. The van der Waals surface area contributed by atoms with Gasteiger partial charge < -0.3 is 9.72 Å². The fraction of sp³-hybridized carbons (Fsp3) is 0.273. The molecule has 0 atom stereocenters. The second-order valence-corrected chi connectivity index (χ2v) is 9.70. The molecule has 4 rings (SSSR count). The third-order valence-electron chi connectivity index (χ3n) is 5.08. The Morgan fingerprint density at radius 1 is 1.20 bits per heavy atom. The second-order valence-electron chi connectivity index (χ2n) is 7.31.